The number of hydrogen-bond donors (Lipinski definition) is 1. The second kappa shape index (κ2) is 8.89. The lowest BCUT2D eigenvalue weighted by atomic mass is 10.1. The van der Waals surface area contributed by atoms with Crippen LogP contribution in [0.1, 0.15) is 41.9 Å². The van der Waals surface area contributed by atoms with Gasteiger partial charge in [-0.25, -0.2) is 4.79 Å². The van der Waals surface area contributed by atoms with Crippen LogP contribution in [0.4, 0.5) is 13.2 Å². The zero-order chi connectivity index (χ0) is 21.8. The average molecular weight is 410 g/mol. The van der Waals surface area contributed by atoms with Crippen LogP contribution in [0.2, 0.25) is 0 Å². The number of hydrogen-bond acceptors (Lipinski definition) is 6. The molecule has 0 unspecified atom stereocenters. The van der Waals surface area contributed by atoms with E-state index in [1.54, 1.807) is 7.05 Å². The normalized spacial score (nSPS) is 12.0. The van der Waals surface area contributed by atoms with Crippen molar-refractivity contribution in [3.63, 3.8) is 0 Å². The molecule has 156 valence electrons. The third-order valence-corrected chi connectivity index (χ3v) is 4.21. The van der Waals surface area contributed by atoms with Gasteiger partial charge in [0, 0.05) is 12.6 Å². The highest BCUT2D eigenvalue weighted by molar-refractivity contribution is 6.41. The van der Waals surface area contributed by atoms with Gasteiger partial charge in [0.1, 0.15) is 12.3 Å². The maximum atomic E-state index is 12.9. The van der Waals surface area contributed by atoms with E-state index in [9.17, 15) is 18.0 Å². The minimum Gasteiger partial charge on any atom is -0.464 e. The first-order valence-electron chi connectivity index (χ1n) is 8.66. The van der Waals surface area contributed by atoms with Crippen molar-refractivity contribution in [1.29, 1.82) is 5.41 Å². The Hall–Kier alpha value is -3.17. The largest absolute Gasteiger partial charge is 0.464 e. The van der Waals surface area contributed by atoms with Crippen LogP contribution < -0.4 is 0 Å². The molecule has 0 aliphatic heterocycles. The van der Waals surface area contributed by atoms with Gasteiger partial charge in [0.25, 0.3) is 0 Å². The van der Waals surface area contributed by atoms with E-state index in [0.717, 1.165) is 12.1 Å². The summed E-state index contributed by atoms with van der Waals surface area (Å²) in [6.45, 7) is 3.27. The van der Waals surface area contributed by atoms with Crippen LogP contribution in [-0.2, 0) is 40.6 Å². The van der Waals surface area contributed by atoms with Gasteiger partial charge >= 0.3 is 12.1 Å². The maximum Gasteiger partial charge on any atom is 0.416 e. The lowest BCUT2D eigenvalue weighted by molar-refractivity contribution is -0.137. The first kappa shape index (κ1) is 22.1. The fourth-order valence-corrected chi connectivity index (χ4v) is 2.74. The number of esters is 1. The van der Waals surface area contributed by atoms with E-state index in [4.69, 9.17) is 10.2 Å². The number of ether oxygens (including phenoxy) is 1. The Balaban J connectivity index is 2.26. The summed E-state index contributed by atoms with van der Waals surface area (Å²) in [7, 11) is 2.76. The summed E-state index contributed by atoms with van der Waals surface area (Å²) in [6, 6.07) is 4.76. The topological polar surface area (TPSA) is 89.6 Å². The summed E-state index contributed by atoms with van der Waals surface area (Å²) in [5.74, 6) is -0.819. The molecule has 0 aliphatic carbocycles. The van der Waals surface area contributed by atoms with E-state index in [-0.39, 0.29) is 29.3 Å². The fourth-order valence-electron chi connectivity index (χ4n) is 2.74. The van der Waals surface area contributed by atoms with Gasteiger partial charge in [-0.3, -0.25) is 10.1 Å². The Kier molecular flexibility index (Phi) is 6.78. The molecule has 0 aliphatic rings. The van der Waals surface area contributed by atoms with E-state index in [2.05, 4.69) is 15.0 Å². The highest BCUT2D eigenvalue weighted by Crippen LogP contribution is 2.29. The van der Waals surface area contributed by atoms with Crippen molar-refractivity contribution in [3.05, 3.63) is 52.3 Å². The Labute approximate surface area is 165 Å². The number of alkyl halides is 3. The van der Waals surface area contributed by atoms with Crippen molar-refractivity contribution < 1.29 is 27.5 Å². The molecule has 1 heterocycles. The van der Waals surface area contributed by atoms with Gasteiger partial charge in [0.2, 0.25) is 0 Å². The second-order valence-corrected chi connectivity index (χ2v) is 6.15. The van der Waals surface area contributed by atoms with Gasteiger partial charge in [-0.1, -0.05) is 24.2 Å². The monoisotopic (exact) mass is 410 g/mol. The van der Waals surface area contributed by atoms with E-state index < -0.39 is 17.7 Å². The van der Waals surface area contributed by atoms with Crippen LogP contribution in [0.25, 0.3) is 0 Å². The van der Waals surface area contributed by atoms with Crippen molar-refractivity contribution in [3.8, 4) is 0 Å². The standard InChI is InChI=1S/C19H21F3N4O3/c1-5-15-14(17(26(3)24-15)16(23)18(27)28-4)10-29-25-11(2)12-7-6-8-13(9-12)19(20,21)22/h6-9,23H,5,10H2,1-4H3/b23-16?,25-11+. The van der Waals surface area contributed by atoms with Crippen LogP contribution in [0, 0.1) is 5.41 Å². The zero-order valence-corrected chi connectivity index (χ0v) is 16.4. The lowest BCUT2D eigenvalue weighted by Crippen LogP contribution is -2.20. The number of halogens is 3. The van der Waals surface area contributed by atoms with E-state index in [0.29, 0.717) is 17.7 Å². The first-order chi connectivity index (χ1) is 13.6. The van der Waals surface area contributed by atoms with Crippen molar-refractivity contribution in [2.24, 2.45) is 12.2 Å². The Morgan fingerprint density at radius 1 is 1.34 bits per heavy atom. The second-order valence-electron chi connectivity index (χ2n) is 6.15. The molecule has 0 atom stereocenters. The van der Waals surface area contributed by atoms with Crippen molar-refractivity contribution in [2.45, 2.75) is 33.1 Å². The van der Waals surface area contributed by atoms with Gasteiger partial charge in [-0.2, -0.15) is 18.3 Å². The van der Waals surface area contributed by atoms with Crippen molar-refractivity contribution in [1.82, 2.24) is 9.78 Å². The molecule has 29 heavy (non-hydrogen) atoms. The number of carbonyl (C=O) groups excluding carboxylic acids is 1. The fraction of sp³-hybridized carbons (Fsp3) is 0.368. The van der Waals surface area contributed by atoms with Gasteiger partial charge < -0.3 is 9.57 Å². The maximum absolute atomic E-state index is 12.9. The molecule has 0 spiro atoms. The highest BCUT2D eigenvalue weighted by atomic mass is 19.4. The number of aryl methyl sites for hydroxylation is 2. The van der Waals surface area contributed by atoms with Gasteiger partial charge in [0.15, 0.2) is 5.71 Å². The number of carbonyl (C=O) groups is 1. The highest BCUT2D eigenvalue weighted by Gasteiger charge is 2.30. The molecule has 0 amide bonds. The number of oxime groups is 1. The molecule has 1 aromatic heterocycles. The number of nitrogens with zero attached hydrogens (tertiary/aromatic N) is 3. The quantitative estimate of drug-likeness (QED) is 0.430. The summed E-state index contributed by atoms with van der Waals surface area (Å²) in [5.41, 5.74) is 0.708. The smallest absolute Gasteiger partial charge is 0.416 e. The molecule has 7 nitrogen and oxygen atoms in total. The van der Waals surface area contributed by atoms with Gasteiger partial charge in [-0.05, 0) is 31.0 Å². The van der Waals surface area contributed by atoms with Crippen LogP contribution >= 0.6 is 0 Å². The van der Waals surface area contributed by atoms with Gasteiger partial charge in [-0.15, -0.1) is 0 Å². The SMILES string of the molecule is CCc1nn(C)c(C(=N)C(=O)OC)c1CO/N=C(\C)c1cccc(C(F)(F)F)c1. The molecule has 0 radical (unpaired) electrons. The third kappa shape index (κ3) is 5.01. The van der Waals surface area contributed by atoms with Crippen LogP contribution in [0.15, 0.2) is 29.4 Å². The molecule has 2 aromatic rings. The van der Waals surface area contributed by atoms with E-state index in [1.165, 1.54) is 30.8 Å². The number of benzene rings is 1. The minimum atomic E-state index is -4.45. The predicted octanol–water partition coefficient (Wildman–Crippen LogP) is 3.48. The molecule has 1 N–H and O–H groups in total. The summed E-state index contributed by atoms with van der Waals surface area (Å²) in [4.78, 5) is 17.1. The van der Waals surface area contributed by atoms with Crippen molar-refractivity contribution in [2.75, 3.05) is 7.11 Å². The van der Waals surface area contributed by atoms with E-state index >= 15 is 0 Å². The molecule has 0 bridgehead atoms. The average Bonchev–Trinajstić information content (AvgIpc) is 3.01. The molecular weight excluding hydrogens is 389 g/mol. The van der Waals surface area contributed by atoms with Crippen molar-refractivity contribution >= 4 is 17.4 Å². The minimum absolute atomic E-state index is 0.109. The summed E-state index contributed by atoms with van der Waals surface area (Å²) >= 11 is 0. The molecular formula is C19H21F3N4O3. The summed E-state index contributed by atoms with van der Waals surface area (Å²) < 4.78 is 44.6. The summed E-state index contributed by atoms with van der Waals surface area (Å²) in [6.07, 6.45) is -3.93. The van der Waals surface area contributed by atoms with E-state index in [1.807, 2.05) is 6.92 Å². The predicted molar refractivity (Wildman–Crippen MR) is 99.9 cm³/mol. The Morgan fingerprint density at radius 2 is 2.03 bits per heavy atom. The zero-order valence-electron chi connectivity index (χ0n) is 16.4. The molecule has 1 aromatic carbocycles. The molecule has 0 saturated carbocycles. The summed E-state index contributed by atoms with van der Waals surface area (Å²) in [5, 5.41) is 16.2. The number of rotatable bonds is 7. The molecule has 10 heteroatoms. The molecule has 0 fully saturated rings. The van der Waals surface area contributed by atoms with Crippen LogP contribution in [0.3, 0.4) is 0 Å². The van der Waals surface area contributed by atoms with Crippen LogP contribution in [-0.4, -0.2) is 34.3 Å². The third-order valence-electron chi connectivity index (χ3n) is 4.21. The first-order valence-corrected chi connectivity index (χ1v) is 8.66. The van der Waals surface area contributed by atoms with Crippen LogP contribution in [0.5, 0.6) is 0 Å². The number of aromatic nitrogens is 2. The van der Waals surface area contributed by atoms with Gasteiger partial charge in [0.05, 0.1) is 24.1 Å². The number of methoxy groups -OCH3 is 1. The Morgan fingerprint density at radius 3 is 2.62 bits per heavy atom. The Bertz CT molecular complexity index is 949. The molecule has 0 saturated heterocycles. The lowest BCUT2D eigenvalue weighted by Gasteiger charge is -2.09. The number of nitrogens with one attached hydrogen (secondary N) is 1. The molecule has 2 rings (SSSR count).